The Morgan fingerprint density at radius 1 is 0.812 bits per heavy atom. The summed E-state index contributed by atoms with van der Waals surface area (Å²) in [5.74, 6) is 5.47. The van der Waals surface area contributed by atoms with Gasteiger partial charge in [-0.3, -0.25) is 0 Å². The van der Waals surface area contributed by atoms with Crippen molar-refractivity contribution in [3.05, 3.63) is 0 Å². The summed E-state index contributed by atoms with van der Waals surface area (Å²) in [4.78, 5) is 0. The predicted molar refractivity (Wildman–Crippen MR) is 132 cm³/mol. The topological polar surface area (TPSA) is 9.23 Å². The van der Waals surface area contributed by atoms with Crippen LogP contribution in [-0.4, -0.2) is 24.6 Å². The highest BCUT2D eigenvalue weighted by molar-refractivity contribution is 4.98. The van der Waals surface area contributed by atoms with Crippen LogP contribution in [0.3, 0.4) is 0 Å². The first-order valence-electron chi connectivity index (χ1n) is 13.9. The van der Waals surface area contributed by atoms with Crippen molar-refractivity contribution in [3.8, 4) is 12.3 Å². The number of ether oxygens (including phenoxy) is 1. The Bertz CT molecular complexity index is 528. The van der Waals surface area contributed by atoms with Crippen molar-refractivity contribution in [2.45, 2.75) is 142 Å². The molecule has 0 bridgehead atoms. The van der Waals surface area contributed by atoms with E-state index < -0.39 is 18.4 Å². The van der Waals surface area contributed by atoms with Crippen molar-refractivity contribution in [2.75, 3.05) is 0 Å². The molecule has 0 amide bonds. The second-order valence-electron chi connectivity index (χ2n) is 10.7. The molecule has 3 aliphatic carbocycles. The molecular formula is C29H50F2O. The molecule has 5 unspecified atom stereocenters. The molecule has 3 aliphatic rings. The minimum Gasteiger partial charge on any atom is -0.359 e. The summed E-state index contributed by atoms with van der Waals surface area (Å²) < 4.78 is 36.0. The molecule has 0 radical (unpaired) electrons. The van der Waals surface area contributed by atoms with Gasteiger partial charge in [-0.15, -0.1) is 6.42 Å². The van der Waals surface area contributed by atoms with Crippen LogP contribution in [0.2, 0.25) is 0 Å². The van der Waals surface area contributed by atoms with E-state index in [2.05, 4.69) is 19.8 Å². The average molecular weight is 453 g/mol. The molecule has 0 aliphatic heterocycles. The van der Waals surface area contributed by atoms with Crippen LogP contribution in [0.5, 0.6) is 0 Å². The standard InChI is InChI=1S/C27H44F2O.C2H6/c1-4-6-7-8-23(5-2)30-25-18-17-24(26(28)27(25)29)22-15-13-21(14-16-22)20-11-9-19(3)10-12-20;1-2/h2,19-27H,4,6-18H2,1,3H3;1-2H3. The zero-order chi connectivity index (χ0) is 23.5. The SMILES string of the molecule is C#CC(CCCCC)OC1CCC(C2CCC(C3CCC(C)CC3)CC2)C(F)C1F.CC. The van der Waals surface area contributed by atoms with Crippen molar-refractivity contribution >= 4 is 0 Å². The minimum atomic E-state index is -1.52. The van der Waals surface area contributed by atoms with E-state index in [0.717, 1.165) is 62.7 Å². The quantitative estimate of drug-likeness (QED) is 0.264. The van der Waals surface area contributed by atoms with Crippen LogP contribution >= 0.6 is 0 Å². The number of unbranched alkanes of at least 4 members (excludes halogenated alkanes) is 2. The molecule has 1 nitrogen and oxygen atoms in total. The van der Waals surface area contributed by atoms with Crippen LogP contribution in [0.4, 0.5) is 8.78 Å². The first-order chi connectivity index (χ1) is 15.5. The third kappa shape index (κ3) is 7.72. The number of halogens is 2. The summed E-state index contributed by atoms with van der Waals surface area (Å²) in [6, 6.07) is 0. The molecule has 5 atom stereocenters. The maximum absolute atomic E-state index is 15.1. The zero-order valence-corrected chi connectivity index (χ0v) is 21.3. The van der Waals surface area contributed by atoms with Crippen LogP contribution in [-0.2, 0) is 4.74 Å². The molecule has 3 rings (SSSR count). The van der Waals surface area contributed by atoms with Gasteiger partial charge < -0.3 is 4.74 Å². The fraction of sp³-hybridized carbons (Fsp3) is 0.931. The van der Waals surface area contributed by atoms with E-state index in [-0.39, 0.29) is 12.0 Å². The Morgan fingerprint density at radius 2 is 1.38 bits per heavy atom. The van der Waals surface area contributed by atoms with Gasteiger partial charge in [-0.2, -0.15) is 0 Å². The van der Waals surface area contributed by atoms with Gasteiger partial charge in [0.25, 0.3) is 0 Å². The van der Waals surface area contributed by atoms with E-state index in [1.54, 1.807) is 0 Å². The van der Waals surface area contributed by atoms with Gasteiger partial charge in [0.15, 0.2) is 6.17 Å². The highest BCUT2D eigenvalue weighted by Gasteiger charge is 2.45. The molecule has 0 aromatic heterocycles. The van der Waals surface area contributed by atoms with Gasteiger partial charge in [0.2, 0.25) is 0 Å². The number of rotatable bonds is 8. The first-order valence-corrected chi connectivity index (χ1v) is 13.9. The van der Waals surface area contributed by atoms with E-state index in [1.165, 1.54) is 38.5 Å². The summed E-state index contributed by atoms with van der Waals surface area (Å²) in [6.07, 6.45) is 17.1. The molecule has 186 valence electrons. The maximum Gasteiger partial charge on any atom is 0.157 e. The second kappa shape index (κ2) is 14.6. The van der Waals surface area contributed by atoms with Crippen molar-refractivity contribution < 1.29 is 13.5 Å². The fourth-order valence-corrected chi connectivity index (χ4v) is 6.54. The summed E-state index contributed by atoms with van der Waals surface area (Å²) >= 11 is 0. The molecule has 0 aromatic carbocycles. The molecule has 3 saturated carbocycles. The number of terminal acetylenes is 1. The lowest BCUT2D eigenvalue weighted by atomic mass is 9.65. The minimum absolute atomic E-state index is 0.128. The van der Waals surface area contributed by atoms with E-state index in [1.807, 2.05) is 13.8 Å². The Labute approximate surface area is 197 Å². The lowest BCUT2D eigenvalue weighted by molar-refractivity contribution is -0.103. The smallest absolute Gasteiger partial charge is 0.157 e. The van der Waals surface area contributed by atoms with Gasteiger partial charge in [-0.05, 0) is 93.8 Å². The third-order valence-electron chi connectivity index (χ3n) is 8.60. The van der Waals surface area contributed by atoms with E-state index in [9.17, 15) is 4.39 Å². The Kier molecular flexibility index (Phi) is 12.6. The third-order valence-corrected chi connectivity index (χ3v) is 8.60. The van der Waals surface area contributed by atoms with E-state index in [4.69, 9.17) is 11.2 Å². The van der Waals surface area contributed by atoms with Crippen molar-refractivity contribution in [3.63, 3.8) is 0 Å². The molecule has 3 heteroatoms. The van der Waals surface area contributed by atoms with Crippen LogP contribution in [0.1, 0.15) is 118 Å². The Balaban J connectivity index is 0.00000176. The molecule has 0 N–H and O–H groups in total. The average Bonchev–Trinajstić information content (AvgIpc) is 2.83. The van der Waals surface area contributed by atoms with Gasteiger partial charge in [-0.25, -0.2) is 8.78 Å². The number of hydrogen-bond donors (Lipinski definition) is 0. The van der Waals surface area contributed by atoms with Crippen LogP contribution in [0.25, 0.3) is 0 Å². The molecule has 0 aromatic rings. The molecule has 0 saturated heterocycles. The molecule has 32 heavy (non-hydrogen) atoms. The monoisotopic (exact) mass is 452 g/mol. The molecule has 0 heterocycles. The molecule has 3 fully saturated rings. The normalized spacial score (nSPS) is 38.8. The summed E-state index contributed by atoms with van der Waals surface area (Å²) in [6.45, 7) is 8.51. The number of alkyl halides is 2. The zero-order valence-electron chi connectivity index (χ0n) is 21.3. The van der Waals surface area contributed by atoms with Gasteiger partial charge in [0, 0.05) is 0 Å². The van der Waals surface area contributed by atoms with Gasteiger partial charge in [0.05, 0.1) is 6.10 Å². The summed E-state index contributed by atoms with van der Waals surface area (Å²) in [5, 5.41) is 0. The lowest BCUT2D eigenvalue weighted by Crippen LogP contribution is -2.47. The highest BCUT2D eigenvalue weighted by Crippen LogP contribution is 2.46. The highest BCUT2D eigenvalue weighted by atomic mass is 19.2. The van der Waals surface area contributed by atoms with Crippen molar-refractivity contribution in [1.29, 1.82) is 0 Å². The van der Waals surface area contributed by atoms with E-state index in [0.29, 0.717) is 12.3 Å². The summed E-state index contributed by atoms with van der Waals surface area (Å²) in [7, 11) is 0. The van der Waals surface area contributed by atoms with Crippen molar-refractivity contribution in [1.82, 2.24) is 0 Å². The van der Waals surface area contributed by atoms with Crippen LogP contribution < -0.4 is 0 Å². The number of hydrogen-bond acceptors (Lipinski definition) is 1. The first kappa shape index (κ1) is 27.6. The Hall–Kier alpha value is -0.620. The maximum atomic E-state index is 15.1. The largest absolute Gasteiger partial charge is 0.359 e. The van der Waals surface area contributed by atoms with Gasteiger partial charge >= 0.3 is 0 Å². The van der Waals surface area contributed by atoms with Crippen LogP contribution in [0, 0.1) is 41.9 Å². The Morgan fingerprint density at radius 3 is 1.94 bits per heavy atom. The summed E-state index contributed by atoms with van der Waals surface area (Å²) in [5.41, 5.74) is 0. The lowest BCUT2D eigenvalue weighted by Gasteiger charge is -2.43. The second-order valence-corrected chi connectivity index (χ2v) is 10.7. The van der Waals surface area contributed by atoms with E-state index >= 15 is 4.39 Å². The van der Waals surface area contributed by atoms with Crippen LogP contribution in [0.15, 0.2) is 0 Å². The molecule has 0 spiro atoms. The molecular weight excluding hydrogens is 402 g/mol. The fourth-order valence-electron chi connectivity index (χ4n) is 6.54. The van der Waals surface area contributed by atoms with Gasteiger partial charge in [0.1, 0.15) is 12.3 Å². The predicted octanol–water partition coefficient (Wildman–Crippen LogP) is 8.70. The van der Waals surface area contributed by atoms with Crippen molar-refractivity contribution in [2.24, 2.45) is 29.6 Å². The van der Waals surface area contributed by atoms with Gasteiger partial charge in [-0.1, -0.05) is 59.3 Å².